The average molecular weight is 272 g/mol. The van der Waals surface area contributed by atoms with Crippen LogP contribution >= 0.6 is 23.2 Å². The summed E-state index contributed by atoms with van der Waals surface area (Å²) in [4.78, 5) is 3.81. The molecule has 2 rings (SSSR count). The highest BCUT2D eigenvalue weighted by molar-refractivity contribution is 6.42. The molecule has 0 amide bonds. The summed E-state index contributed by atoms with van der Waals surface area (Å²) in [6.07, 6.45) is 0.255. The highest BCUT2D eigenvalue weighted by Gasteiger charge is 2.16. The van der Waals surface area contributed by atoms with Crippen LogP contribution in [0.3, 0.4) is 0 Å². The zero-order valence-electron chi connectivity index (χ0n) is 8.57. The zero-order chi connectivity index (χ0) is 12.4. The van der Waals surface area contributed by atoms with Crippen LogP contribution in [0.5, 0.6) is 0 Å². The Morgan fingerprint density at radius 3 is 2.59 bits per heavy atom. The molecule has 2 aromatic rings. The number of hydrogen-bond donors (Lipinski definition) is 1. The highest BCUT2D eigenvalue weighted by atomic mass is 35.5. The van der Waals surface area contributed by atoms with Crippen LogP contribution in [0.25, 0.3) is 0 Å². The largest absolute Gasteiger partial charge is 0.382 e. The molecule has 1 heterocycles. The lowest BCUT2D eigenvalue weighted by Gasteiger charge is -2.11. The molecule has 0 saturated carbocycles. The van der Waals surface area contributed by atoms with Crippen LogP contribution in [0.1, 0.15) is 17.4 Å². The van der Waals surface area contributed by atoms with E-state index in [9.17, 15) is 9.50 Å². The summed E-state index contributed by atoms with van der Waals surface area (Å²) < 4.78 is 13.4. The molecule has 0 fully saturated rings. The van der Waals surface area contributed by atoms with Crippen LogP contribution in [-0.2, 0) is 0 Å². The molecule has 0 aliphatic heterocycles. The predicted molar refractivity (Wildman–Crippen MR) is 64.7 cm³/mol. The van der Waals surface area contributed by atoms with E-state index in [1.54, 1.807) is 12.1 Å². The third-order valence-electron chi connectivity index (χ3n) is 2.31. The summed E-state index contributed by atoms with van der Waals surface area (Å²) in [5, 5.41) is 10.7. The van der Waals surface area contributed by atoms with Crippen LogP contribution in [0.2, 0.25) is 10.0 Å². The second-order valence-electron chi connectivity index (χ2n) is 3.45. The van der Waals surface area contributed by atoms with E-state index < -0.39 is 11.9 Å². The number of halogens is 3. The molecule has 1 N–H and O–H groups in total. The van der Waals surface area contributed by atoms with Gasteiger partial charge in [0.1, 0.15) is 17.6 Å². The van der Waals surface area contributed by atoms with E-state index in [-0.39, 0.29) is 5.69 Å². The normalized spacial score (nSPS) is 12.5. The Kier molecular flexibility index (Phi) is 3.62. The van der Waals surface area contributed by atoms with E-state index in [2.05, 4.69) is 4.98 Å². The Bertz CT molecular complexity index is 548. The SMILES string of the molecule is OC(c1ccc(Cl)c(Cl)c1)c1ncccc1F. The maximum absolute atomic E-state index is 13.4. The van der Waals surface area contributed by atoms with E-state index in [0.29, 0.717) is 15.6 Å². The number of nitrogens with zero attached hydrogens (tertiary/aromatic N) is 1. The molecule has 0 bridgehead atoms. The van der Waals surface area contributed by atoms with Crippen molar-refractivity contribution >= 4 is 23.2 Å². The standard InChI is InChI=1S/C12H8Cl2FNO/c13-8-4-3-7(6-9(8)14)12(17)11-10(15)2-1-5-16-11/h1-6,12,17H. The van der Waals surface area contributed by atoms with E-state index in [1.807, 2.05) is 0 Å². The van der Waals surface area contributed by atoms with E-state index in [4.69, 9.17) is 23.2 Å². The molecule has 1 unspecified atom stereocenters. The monoisotopic (exact) mass is 271 g/mol. The van der Waals surface area contributed by atoms with Gasteiger partial charge < -0.3 is 5.11 Å². The predicted octanol–water partition coefficient (Wildman–Crippen LogP) is 3.61. The minimum atomic E-state index is -1.16. The fourth-order valence-corrected chi connectivity index (χ4v) is 1.75. The van der Waals surface area contributed by atoms with Crippen LogP contribution in [-0.4, -0.2) is 10.1 Å². The molecule has 0 aliphatic carbocycles. The molecule has 1 aromatic carbocycles. The Labute approximate surface area is 108 Å². The third-order valence-corrected chi connectivity index (χ3v) is 3.04. The minimum absolute atomic E-state index is 0.0362. The van der Waals surface area contributed by atoms with Crippen molar-refractivity contribution in [2.45, 2.75) is 6.10 Å². The molecule has 2 nitrogen and oxygen atoms in total. The molecule has 0 saturated heterocycles. The number of rotatable bonds is 2. The second kappa shape index (κ2) is 5.00. The van der Waals surface area contributed by atoms with Gasteiger partial charge in [-0.3, -0.25) is 4.98 Å². The molecule has 0 aliphatic rings. The van der Waals surface area contributed by atoms with Gasteiger partial charge in [0.15, 0.2) is 0 Å². The van der Waals surface area contributed by atoms with Crippen molar-refractivity contribution in [2.24, 2.45) is 0 Å². The number of benzene rings is 1. The van der Waals surface area contributed by atoms with Gasteiger partial charge in [0.05, 0.1) is 10.0 Å². The van der Waals surface area contributed by atoms with Crippen molar-refractivity contribution in [3.63, 3.8) is 0 Å². The second-order valence-corrected chi connectivity index (χ2v) is 4.26. The maximum Gasteiger partial charge on any atom is 0.147 e. The van der Waals surface area contributed by atoms with Gasteiger partial charge in [0.2, 0.25) is 0 Å². The van der Waals surface area contributed by atoms with Crippen LogP contribution in [0.4, 0.5) is 4.39 Å². The van der Waals surface area contributed by atoms with E-state index >= 15 is 0 Å². The highest BCUT2D eigenvalue weighted by Crippen LogP contribution is 2.28. The fourth-order valence-electron chi connectivity index (χ4n) is 1.44. The van der Waals surface area contributed by atoms with Gasteiger partial charge in [-0.2, -0.15) is 0 Å². The lowest BCUT2D eigenvalue weighted by Crippen LogP contribution is -2.05. The first-order chi connectivity index (χ1) is 8.09. The third kappa shape index (κ3) is 2.57. The van der Waals surface area contributed by atoms with Gasteiger partial charge in [-0.15, -0.1) is 0 Å². The van der Waals surface area contributed by atoms with Crippen LogP contribution in [0.15, 0.2) is 36.5 Å². The number of aliphatic hydroxyl groups is 1. The molecule has 17 heavy (non-hydrogen) atoms. The van der Waals surface area contributed by atoms with Crippen molar-refractivity contribution in [2.75, 3.05) is 0 Å². The Morgan fingerprint density at radius 2 is 1.94 bits per heavy atom. The van der Waals surface area contributed by atoms with Gasteiger partial charge >= 0.3 is 0 Å². The molecule has 88 valence electrons. The van der Waals surface area contributed by atoms with Crippen LogP contribution in [0, 0.1) is 5.82 Å². The molecule has 1 aromatic heterocycles. The van der Waals surface area contributed by atoms with E-state index in [0.717, 1.165) is 0 Å². The smallest absolute Gasteiger partial charge is 0.147 e. The minimum Gasteiger partial charge on any atom is -0.382 e. The van der Waals surface area contributed by atoms with Crippen molar-refractivity contribution in [3.8, 4) is 0 Å². The summed E-state index contributed by atoms with van der Waals surface area (Å²) in [7, 11) is 0. The van der Waals surface area contributed by atoms with Gasteiger partial charge in [-0.25, -0.2) is 4.39 Å². The van der Waals surface area contributed by atoms with Crippen molar-refractivity contribution in [3.05, 3.63) is 63.6 Å². The first-order valence-electron chi connectivity index (χ1n) is 4.83. The topological polar surface area (TPSA) is 33.1 Å². The average Bonchev–Trinajstić information content (AvgIpc) is 2.32. The molecule has 0 radical (unpaired) electrons. The zero-order valence-corrected chi connectivity index (χ0v) is 10.1. The summed E-state index contributed by atoms with van der Waals surface area (Å²) in [6.45, 7) is 0. The lowest BCUT2D eigenvalue weighted by molar-refractivity contribution is 0.209. The summed E-state index contributed by atoms with van der Waals surface area (Å²) in [6, 6.07) is 7.31. The van der Waals surface area contributed by atoms with E-state index in [1.165, 1.54) is 24.4 Å². The number of hydrogen-bond acceptors (Lipinski definition) is 2. The molecule has 5 heteroatoms. The number of aliphatic hydroxyl groups excluding tert-OH is 1. The number of pyridine rings is 1. The molecular formula is C12H8Cl2FNO. The Hall–Kier alpha value is -1.16. The quantitative estimate of drug-likeness (QED) is 0.905. The molecular weight excluding hydrogens is 264 g/mol. The number of aromatic nitrogens is 1. The fraction of sp³-hybridized carbons (Fsp3) is 0.0833. The van der Waals surface area contributed by atoms with Crippen molar-refractivity contribution in [1.82, 2.24) is 4.98 Å². The van der Waals surface area contributed by atoms with Crippen molar-refractivity contribution < 1.29 is 9.50 Å². The van der Waals surface area contributed by atoms with Crippen LogP contribution < -0.4 is 0 Å². The van der Waals surface area contributed by atoms with Gasteiger partial charge in [-0.1, -0.05) is 29.3 Å². The Morgan fingerprint density at radius 1 is 1.18 bits per heavy atom. The molecule has 0 spiro atoms. The maximum atomic E-state index is 13.4. The Balaban J connectivity index is 2.40. The summed E-state index contributed by atoms with van der Waals surface area (Å²) in [5.74, 6) is -0.564. The summed E-state index contributed by atoms with van der Waals surface area (Å²) >= 11 is 11.6. The van der Waals surface area contributed by atoms with Gasteiger partial charge in [-0.05, 0) is 29.8 Å². The lowest BCUT2D eigenvalue weighted by atomic mass is 10.1. The molecule has 1 atom stereocenters. The first-order valence-corrected chi connectivity index (χ1v) is 5.58. The summed E-state index contributed by atoms with van der Waals surface area (Å²) in [5.41, 5.74) is 0.405. The van der Waals surface area contributed by atoms with Crippen molar-refractivity contribution in [1.29, 1.82) is 0 Å². The van der Waals surface area contributed by atoms with Gasteiger partial charge in [0, 0.05) is 6.20 Å². The van der Waals surface area contributed by atoms with Gasteiger partial charge in [0.25, 0.3) is 0 Å². The first kappa shape index (κ1) is 12.3.